The first-order valence-corrected chi connectivity index (χ1v) is 7.74. The van der Waals surface area contributed by atoms with E-state index in [0.717, 1.165) is 0 Å². The van der Waals surface area contributed by atoms with Crippen LogP contribution >= 0.6 is 0 Å². The second kappa shape index (κ2) is 8.11. The molecule has 1 aromatic carbocycles. The van der Waals surface area contributed by atoms with Gasteiger partial charge in [-0.3, -0.25) is 4.79 Å². The number of carbonyl (C=O) groups is 1. The van der Waals surface area contributed by atoms with Crippen LogP contribution in [0.4, 0.5) is 23.2 Å². The highest BCUT2D eigenvalue weighted by atomic mass is 19.3. The largest absolute Gasteiger partial charge is 0.381 e. The van der Waals surface area contributed by atoms with Crippen LogP contribution in [-0.2, 0) is 20.9 Å². The van der Waals surface area contributed by atoms with Crippen molar-refractivity contribution in [2.75, 3.05) is 25.1 Å². The summed E-state index contributed by atoms with van der Waals surface area (Å²) >= 11 is 0. The van der Waals surface area contributed by atoms with E-state index in [-0.39, 0.29) is 12.5 Å². The number of halogens is 4. The highest BCUT2D eigenvalue weighted by molar-refractivity contribution is 5.98. The number of nitrogens with one attached hydrogen (secondary N) is 1. The molecule has 1 aromatic rings. The maximum Gasteiger partial charge on any atom is 0.330 e. The zero-order valence-corrected chi connectivity index (χ0v) is 13.4. The van der Waals surface area contributed by atoms with E-state index in [1.54, 1.807) is 18.2 Å². The van der Waals surface area contributed by atoms with Crippen LogP contribution in [0.1, 0.15) is 18.4 Å². The third-order valence-electron chi connectivity index (χ3n) is 3.90. The van der Waals surface area contributed by atoms with Gasteiger partial charge in [-0.25, -0.2) is 8.78 Å². The summed E-state index contributed by atoms with van der Waals surface area (Å²) in [4.78, 5) is 12.3. The van der Waals surface area contributed by atoms with Gasteiger partial charge in [-0.05, 0) is 30.5 Å². The second-order valence-corrected chi connectivity index (χ2v) is 5.98. The number of nitrogens with two attached hydrogens (primary N) is 1. The van der Waals surface area contributed by atoms with Crippen molar-refractivity contribution in [1.82, 2.24) is 0 Å². The molecule has 0 aromatic heterocycles. The summed E-state index contributed by atoms with van der Waals surface area (Å²) in [6, 6.07) is 6.29. The fraction of sp³-hybridized carbons (Fsp3) is 0.562. The number of hydrogen-bond donors (Lipinski definition) is 2. The second-order valence-electron chi connectivity index (χ2n) is 5.98. The topological polar surface area (TPSA) is 73.6 Å². The fourth-order valence-electron chi connectivity index (χ4n) is 2.33. The molecule has 0 saturated carbocycles. The van der Waals surface area contributed by atoms with Gasteiger partial charge in [0.05, 0.1) is 6.61 Å². The minimum Gasteiger partial charge on any atom is -0.381 e. The SMILES string of the molecule is NC1(C(=O)Nc2cccc(COCC(F)(F)C(F)F)c2)CCOCC1. The van der Waals surface area contributed by atoms with Gasteiger partial charge in [0.15, 0.2) is 0 Å². The molecule has 1 aliphatic rings. The third-order valence-corrected chi connectivity index (χ3v) is 3.90. The van der Waals surface area contributed by atoms with E-state index in [0.29, 0.717) is 37.3 Å². The quantitative estimate of drug-likeness (QED) is 0.730. The molecule has 1 fully saturated rings. The monoisotopic (exact) mass is 364 g/mol. The molecule has 9 heteroatoms. The van der Waals surface area contributed by atoms with Gasteiger partial charge in [0.2, 0.25) is 5.91 Å². The summed E-state index contributed by atoms with van der Waals surface area (Å²) in [6.45, 7) is -0.868. The zero-order chi connectivity index (χ0) is 18.5. The van der Waals surface area contributed by atoms with Gasteiger partial charge in [-0.1, -0.05) is 12.1 Å². The molecule has 0 atom stereocenters. The van der Waals surface area contributed by atoms with Gasteiger partial charge >= 0.3 is 12.3 Å². The van der Waals surface area contributed by atoms with Crippen molar-refractivity contribution in [3.8, 4) is 0 Å². The first-order chi connectivity index (χ1) is 11.7. The van der Waals surface area contributed by atoms with Crippen LogP contribution in [0, 0.1) is 0 Å². The van der Waals surface area contributed by atoms with Crippen LogP contribution in [0.25, 0.3) is 0 Å². The van der Waals surface area contributed by atoms with Crippen molar-refractivity contribution in [3.63, 3.8) is 0 Å². The van der Waals surface area contributed by atoms with E-state index in [9.17, 15) is 22.4 Å². The van der Waals surface area contributed by atoms with E-state index >= 15 is 0 Å². The molecule has 0 spiro atoms. The van der Waals surface area contributed by atoms with Crippen LogP contribution in [0.15, 0.2) is 24.3 Å². The van der Waals surface area contributed by atoms with Crippen molar-refractivity contribution in [1.29, 1.82) is 0 Å². The van der Waals surface area contributed by atoms with Gasteiger partial charge in [0.1, 0.15) is 12.1 Å². The summed E-state index contributed by atoms with van der Waals surface area (Å²) in [5.74, 6) is -4.56. The Labute approximate surface area is 142 Å². The molecule has 1 amide bonds. The smallest absolute Gasteiger partial charge is 0.330 e. The fourth-order valence-corrected chi connectivity index (χ4v) is 2.33. The number of ether oxygens (including phenoxy) is 2. The molecule has 0 unspecified atom stereocenters. The van der Waals surface area contributed by atoms with Crippen molar-refractivity contribution in [2.45, 2.75) is 37.3 Å². The molecule has 5 nitrogen and oxygen atoms in total. The Bertz CT molecular complexity index is 592. The Morgan fingerprint density at radius 2 is 2.04 bits per heavy atom. The van der Waals surface area contributed by atoms with Gasteiger partial charge in [0.25, 0.3) is 0 Å². The molecular formula is C16H20F4N2O3. The first-order valence-electron chi connectivity index (χ1n) is 7.74. The van der Waals surface area contributed by atoms with Crippen LogP contribution in [0.2, 0.25) is 0 Å². The molecule has 1 heterocycles. The lowest BCUT2D eigenvalue weighted by Gasteiger charge is -2.31. The minimum atomic E-state index is -4.19. The average Bonchev–Trinajstić information content (AvgIpc) is 2.55. The van der Waals surface area contributed by atoms with Crippen molar-refractivity contribution < 1.29 is 31.8 Å². The van der Waals surface area contributed by atoms with Crippen LogP contribution in [0.3, 0.4) is 0 Å². The van der Waals surface area contributed by atoms with E-state index in [1.165, 1.54) is 6.07 Å². The van der Waals surface area contributed by atoms with Gasteiger partial charge in [-0.15, -0.1) is 0 Å². The maximum absolute atomic E-state index is 12.8. The Morgan fingerprint density at radius 1 is 1.36 bits per heavy atom. The van der Waals surface area contributed by atoms with Crippen molar-refractivity contribution >= 4 is 11.6 Å². The molecule has 3 N–H and O–H groups in total. The number of rotatable bonds is 7. The molecule has 25 heavy (non-hydrogen) atoms. The Kier molecular flexibility index (Phi) is 6.36. The van der Waals surface area contributed by atoms with Gasteiger partial charge < -0.3 is 20.5 Å². The molecule has 2 rings (SSSR count). The van der Waals surface area contributed by atoms with E-state index in [2.05, 4.69) is 10.1 Å². The lowest BCUT2D eigenvalue weighted by Crippen LogP contribution is -2.54. The standard InChI is InChI=1S/C16H20F4N2O3/c17-13(18)16(19,20)10-25-9-11-2-1-3-12(8-11)22-14(23)15(21)4-6-24-7-5-15/h1-3,8,13H,4-7,9-10,21H2,(H,22,23). The Balaban J connectivity index is 1.91. The highest BCUT2D eigenvalue weighted by Crippen LogP contribution is 2.24. The predicted octanol–water partition coefficient (Wildman–Crippen LogP) is 2.55. The molecule has 140 valence electrons. The Morgan fingerprint density at radius 3 is 2.68 bits per heavy atom. The van der Waals surface area contributed by atoms with E-state index < -0.39 is 24.5 Å². The van der Waals surface area contributed by atoms with Gasteiger partial charge in [-0.2, -0.15) is 8.78 Å². The first kappa shape index (κ1) is 19.6. The minimum absolute atomic E-state index is 0.284. The number of carbonyl (C=O) groups excluding carboxylic acids is 1. The zero-order valence-electron chi connectivity index (χ0n) is 13.4. The summed E-state index contributed by atoms with van der Waals surface area (Å²) in [5, 5.41) is 2.67. The molecule has 1 saturated heterocycles. The van der Waals surface area contributed by atoms with Gasteiger partial charge in [0, 0.05) is 18.9 Å². The van der Waals surface area contributed by atoms with Crippen LogP contribution < -0.4 is 11.1 Å². The number of benzene rings is 1. The number of alkyl halides is 4. The average molecular weight is 364 g/mol. The number of anilines is 1. The number of hydrogen-bond acceptors (Lipinski definition) is 4. The van der Waals surface area contributed by atoms with E-state index in [1.807, 2.05) is 0 Å². The molecule has 1 aliphatic heterocycles. The molecule has 0 aliphatic carbocycles. The lowest BCUT2D eigenvalue weighted by molar-refractivity contribution is -0.168. The molecule has 0 radical (unpaired) electrons. The van der Waals surface area contributed by atoms with Crippen molar-refractivity contribution in [2.24, 2.45) is 5.73 Å². The maximum atomic E-state index is 12.8. The summed E-state index contributed by atoms with van der Waals surface area (Å²) in [7, 11) is 0. The predicted molar refractivity (Wildman–Crippen MR) is 82.7 cm³/mol. The van der Waals surface area contributed by atoms with Crippen LogP contribution in [-0.4, -0.2) is 43.6 Å². The number of amides is 1. The Hall–Kier alpha value is -1.71. The van der Waals surface area contributed by atoms with Crippen molar-refractivity contribution in [3.05, 3.63) is 29.8 Å². The molecular weight excluding hydrogens is 344 g/mol. The lowest BCUT2D eigenvalue weighted by atomic mass is 9.90. The normalized spacial score (nSPS) is 17.5. The summed E-state index contributed by atoms with van der Waals surface area (Å²) in [5.41, 5.74) is 5.93. The third kappa shape index (κ3) is 5.38. The highest BCUT2D eigenvalue weighted by Gasteiger charge is 2.41. The van der Waals surface area contributed by atoms with E-state index in [4.69, 9.17) is 10.5 Å². The summed E-state index contributed by atoms with van der Waals surface area (Å²) in [6.07, 6.45) is -2.99. The molecule has 0 bridgehead atoms. The summed E-state index contributed by atoms with van der Waals surface area (Å²) < 4.78 is 59.5. The van der Waals surface area contributed by atoms with Crippen LogP contribution in [0.5, 0.6) is 0 Å².